The maximum atomic E-state index is 12.1. The molecule has 4 nitrogen and oxygen atoms in total. The molecule has 2 aromatic rings. The minimum atomic E-state index is -0.0781. The summed E-state index contributed by atoms with van der Waals surface area (Å²) in [7, 11) is 0. The van der Waals surface area contributed by atoms with Gasteiger partial charge in [0, 0.05) is 18.7 Å². The molecule has 122 valence electrons. The Balaban J connectivity index is 1.77. The Hall–Kier alpha value is -2.14. The van der Waals surface area contributed by atoms with Crippen LogP contribution >= 0.6 is 11.3 Å². The van der Waals surface area contributed by atoms with Crippen molar-refractivity contribution >= 4 is 28.8 Å². The van der Waals surface area contributed by atoms with E-state index in [0.29, 0.717) is 24.3 Å². The zero-order valence-corrected chi connectivity index (χ0v) is 14.5. The molecule has 0 aliphatic carbocycles. The third-order valence-corrected chi connectivity index (χ3v) is 4.42. The highest BCUT2D eigenvalue weighted by Crippen LogP contribution is 2.22. The first kappa shape index (κ1) is 17.2. The molecule has 0 saturated carbocycles. The summed E-state index contributed by atoms with van der Waals surface area (Å²) >= 11 is 1.41. The number of anilines is 1. The summed E-state index contributed by atoms with van der Waals surface area (Å²) in [5, 5.41) is 7.67. The van der Waals surface area contributed by atoms with E-state index in [1.165, 1.54) is 16.9 Å². The summed E-state index contributed by atoms with van der Waals surface area (Å²) in [5.74, 6) is -0.101. The minimum absolute atomic E-state index is 0.0228. The van der Waals surface area contributed by atoms with Gasteiger partial charge in [0.15, 0.2) is 0 Å². The average molecular weight is 330 g/mol. The summed E-state index contributed by atoms with van der Waals surface area (Å²) in [6.07, 6.45) is 1.00. The molecule has 2 rings (SSSR count). The van der Waals surface area contributed by atoms with Crippen molar-refractivity contribution in [3.63, 3.8) is 0 Å². The lowest BCUT2D eigenvalue weighted by atomic mass is 10.0. The number of nitrogens with one attached hydrogen (secondary N) is 2. The number of rotatable bonds is 6. The molecule has 0 aliphatic heterocycles. The third-order valence-electron chi connectivity index (χ3n) is 3.55. The fourth-order valence-electron chi connectivity index (χ4n) is 2.52. The molecule has 1 heterocycles. The van der Waals surface area contributed by atoms with Crippen LogP contribution in [-0.4, -0.2) is 18.4 Å². The monoisotopic (exact) mass is 330 g/mol. The summed E-state index contributed by atoms with van der Waals surface area (Å²) in [6.45, 7) is 6.53. The van der Waals surface area contributed by atoms with Crippen molar-refractivity contribution in [1.82, 2.24) is 5.32 Å². The van der Waals surface area contributed by atoms with E-state index in [1.54, 1.807) is 6.07 Å². The van der Waals surface area contributed by atoms with Crippen molar-refractivity contribution < 1.29 is 9.59 Å². The molecule has 0 radical (unpaired) electrons. The molecule has 23 heavy (non-hydrogen) atoms. The molecular weight excluding hydrogens is 308 g/mol. The second-order valence-electron chi connectivity index (χ2n) is 5.66. The molecule has 0 saturated heterocycles. The van der Waals surface area contributed by atoms with Gasteiger partial charge in [-0.1, -0.05) is 23.8 Å². The van der Waals surface area contributed by atoms with Gasteiger partial charge in [-0.3, -0.25) is 9.59 Å². The molecule has 0 aliphatic rings. The van der Waals surface area contributed by atoms with Crippen LogP contribution in [0.1, 0.15) is 39.2 Å². The lowest BCUT2D eigenvalue weighted by Gasteiger charge is -2.13. The van der Waals surface area contributed by atoms with Crippen molar-refractivity contribution in [2.45, 2.75) is 33.6 Å². The Morgan fingerprint density at radius 1 is 1.13 bits per heavy atom. The van der Waals surface area contributed by atoms with Gasteiger partial charge < -0.3 is 10.6 Å². The maximum absolute atomic E-state index is 12.1. The van der Waals surface area contributed by atoms with Crippen LogP contribution in [0.2, 0.25) is 0 Å². The smallest absolute Gasteiger partial charge is 0.261 e. The highest BCUT2D eigenvalue weighted by molar-refractivity contribution is 7.12. The van der Waals surface area contributed by atoms with Gasteiger partial charge in [0.1, 0.15) is 0 Å². The van der Waals surface area contributed by atoms with Crippen LogP contribution < -0.4 is 10.6 Å². The van der Waals surface area contributed by atoms with Crippen LogP contribution in [0, 0.1) is 20.8 Å². The van der Waals surface area contributed by atoms with E-state index in [0.717, 1.165) is 16.8 Å². The van der Waals surface area contributed by atoms with Gasteiger partial charge in [0.25, 0.3) is 5.91 Å². The molecule has 0 atom stereocenters. The first-order chi connectivity index (χ1) is 11.0. The molecule has 0 spiro atoms. The molecule has 0 fully saturated rings. The minimum Gasteiger partial charge on any atom is -0.351 e. The first-order valence-corrected chi connectivity index (χ1v) is 8.54. The van der Waals surface area contributed by atoms with Gasteiger partial charge in [-0.15, -0.1) is 11.3 Å². The van der Waals surface area contributed by atoms with E-state index in [-0.39, 0.29) is 11.8 Å². The van der Waals surface area contributed by atoms with Crippen LogP contribution in [0.15, 0.2) is 29.6 Å². The van der Waals surface area contributed by atoms with E-state index in [1.807, 2.05) is 32.2 Å². The normalized spacial score (nSPS) is 10.4. The Bertz CT molecular complexity index is 670. The molecule has 0 bridgehead atoms. The number of hydrogen-bond acceptors (Lipinski definition) is 3. The van der Waals surface area contributed by atoms with Gasteiger partial charge in [-0.2, -0.15) is 0 Å². The van der Waals surface area contributed by atoms with Crippen molar-refractivity contribution in [3.8, 4) is 0 Å². The summed E-state index contributed by atoms with van der Waals surface area (Å²) in [4.78, 5) is 24.5. The number of amides is 2. The third kappa shape index (κ3) is 4.93. The largest absolute Gasteiger partial charge is 0.351 e. The van der Waals surface area contributed by atoms with Crippen LogP contribution in [-0.2, 0) is 4.79 Å². The standard InChI is InChI=1S/C18H22N2O2S/c1-12-10-13(2)17(14(3)11-12)20-16(21)7-4-8-19-18(22)15-6-5-9-23-15/h5-6,9-11H,4,7-8H2,1-3H3,(H,19,22)(H,20,21). The number of thiophene rings is 1. The van der Waals surface area contributed by atoms with Crippen LogP contribution in [0.4, 0.5) is 5.69 Å². The number of aryl methyl sites for hydroxylation is 3. The number of hydrogen-bond donors (Lipinski definition) is 2. The zero-order valence-electron chi connectivity index (χ0n) is 13.7. The van der Waals surface area contributed by atoms with Crippen molar-refractivity contribution in [2.75, 3.05) is 11.9 Å². The van der Waals surface area contributed by atoms with Gasteiger partial charge in [0.05, 0.1) is 4.88 Å². The van der Waals surface area contributed by atoms with Gasteiger partial charge >= 0.3 is 0 Å². The van der Waals surface area contributed by atoms with E-state index in [4.69, 9.17) is 0 Å². The van der Waals surface area contributed by atoms with E-state index < -0.39 is 0 Å². The summed E-state index contributed by atoms with van der Waals surface area (Å²) < 4.78 is 0. The van der Waals surface area contributed by atoms with Crippen molar-refractivity contribution in [1.29, 1.82) is 0 Å². The summed E-state index contributed by atoms with van der Waals surface area (Å²) in [6, 6.07) is 7.75. The molecule has 0 unspecified atom stereocenters. The second kappa shape index (κ2) is 7.92. The molecular formula is C18H22N2O2S. The first-order valence-electron chi connectivity index (χ1n) is 7.67. The molecule has 2 N–H and O–H groups in total. The fraction of sp³-hybridized carbons (Fsp3) is 0.333. The molecule has 5 heteroatoms. The quantitative estimate of drug-likeness (QED) is 0.791. The van der Waals surface area contributed by atoms with E-state index in [9.17, 15) is 9.59 Å². The van der Waals surface area contributed by atoms with Gasteiger partial charge in [-0.05, 0) is 49.8 Å². The Labute approximate surface area is 140 Å². The van der Waals surface area contributed by atoms with Crippen LogP contribution in [0.5, 0.6) is 0 Å². The lowest BCUT2D eigenvalue weighted by molar-refractivity contribution is -0.116. The predicted octanol–water partition coefficient (Wildman–Crippen LogP) is 3.82. The zero-order chi connectivity index (χ0) is 16.8. The Kier molecular flexibility index (Phi) is 5.93. The van der Waals surface area contributed by atoms with E-state index >= 15 is 0 Å². The average Bonchev–Trinajstić information content (AvgIpc) is 3.01. The maximum Gasteiger partial charge on any atom is 0.261 e. The van der Waals surface area contributed by atoms with Crippen LogP contribution in [0.3, 0.4) is 0 Å². The molecule has 2 amide bonds. The Morgan fingerprint density at radius 3 is 2.43 bits per heavy atom. The van der Waals surface area contributed by atoms with Crippen LogP contribution in [0.25, 0.3) is 0 Å². The van der Waals surface area contributed by atoms with Gasteiger partial charge in [-0.25, -0.2) is 0 Å². The number of benzene rings is 1. The predicted molar refractivity (Wildman–Crippen MR) is 95.2 cm³/mol. The molecule has 1 aromatic carbocycles. The second-order valence-corrected chi connectivity index (χ2v) is 6.61. The van der Waals surface area contributed by atoms with E-state index in [2.05, 4.69) is 22.8 Å². The highest BCUT2D eigenvalue weighted by Gasteiger charge is 2.09. The summed E-state index contributed by atoms with van der Waals surface area (Å²) in [5.41, 5.74) is 4.22. The number of carbonyl (C=O) groups is 2. The fourth-order valence-corrected chi connectivity index (χ4v) is 3.16. The lowest BCUT2D eigenvalue weighted by Crippen LogP contribution is -2.24. The number of carbonyl (C=O) groups excluding carboxylic acids is 2. The molecule has 1 aromatic heterocycles. The van der Waals surface area contributed by atoms with Crippen molar-refractivity contribution in [3.05, 3.63) is 51.2 Å². The van der Waals surface area contributed by atoms with Crippen molar-refractivity contribution in [2.24, 2.45) is 0 Å². The SMILES string of the molecule is Cc1cc(C)c(NC(=O)CCCNC(=O)c2cccs2)c(C)c1. The topological polar surface area (TPSA) is 58.2 Å². The Morgan fingerprint density at radius 2 is 1.83 bits per heavy atom. The van der Waals surface area contributed by atoms with Gasteiger partial charge in [0.2, 0.25) is 5.91 Å². The highest BCUT2D eigenvalue weighted by atomic mass is 32.1.